The second-order valence-corrected chi connectivity index (χ2v) is 5.62. The molecule has 2 rings (SSSR count). The minimum atomic E-state index is -3.76. The molecule has 0 unspecified atom stereocenters. The van der Waals surface area contributed by atoms with E-state index in [1.54, 1.807) is 12.1 Å². The lowest BCUT2D eigenvalue weighted by molar-refractivity contribution is -0.384. The molecule has 94 valence electrons. The Morgan fingerprint density at radius 3 is 2.28 bits per heavy atom. The maximum atomic E-state index is 12.1. The fourth-order valence-corrected chi connectivity index (χ4v) is 2.65. The third-order valence-corrected chi connectivity index (χ3v) is 4.11. The van der Waals surface area contributed by atoms with Crippen LogP contribution in [0, 0.1) is 17.0 Å². The van der Waals surface area contributed by atoms with Crippen molar-refractivity contribution in [2.24, 2.45) is 0 Å². The van der Waals surface area contributed by atoms with Crippen molar-refractivity contribution in [3.63, 3.8) is 0 Å². The molecule has 0 atom stereocenters. The van der Waals surface area contributed by atoms with Crippen LogP contribution in [0.4, 0.5) is 5.69 Å². The summed E-state index contributed by atoms with van der Waals surface area (Å²) in [6.07, 6.45) is 2.14. The number of rotatable bonds is 3. The average Bonchev–Trinajstić information content (AvgIpc) is 2.79. The molecular weight excluding hydrogens is 256 g/mol. The fourth-order valence-electron chi connectivity index (χ4n) is 1.46. The molecule has 0 saturated carbocycles. The molecule has 2 aromatic rings. The van der Waals surface area contributed by atoms with E-state index in [0.717, 1.165) is 28.0 Å². The summed E-state index contributed by atoms with van der Waals surface area (Å²) in [6.45, 7) is 1.84. The van der Waals surface area contributed by atoms with Gasteiger partial charge in [-0.25, -0.2) is 12.4 Å². The fraction of sp³-hybridized carbons (Fsp3) is 0.0909. The first kappa shape index (κ1) is 12.3. The van der Waals surface area contributed by atoms with Gasteiger partial charge in [-0.15, -0.1) is 0 Å². The number of aromatic nitrogens is 1. The highest BCUT2D eigenvalue weighted by atomic mass is 32.2. The van der Waals surface area contributed by atoms with Crippen LogP contribution < -0.4 is 0 Å². The van der Waals surface area contributed by atoms with Gasteiger partial charge in [-0.2, -0.15) is 0 Å². The highest BCUT2D eigenvalue weighted by molar-refractivity contribution is 7.90. The van der Waals surface area contributed by atoms with Gasteiger partial charge < -0.3 is 0 Å². The minimum Gasteiger partial charge on any atom is -0.258 e. The Labute approximate surface area is 104 Å². The predicted molar refractivity (Wildman–Crippen MR) is 64.8 cm³/mol. The summed E-state index contributed by atoms with van der Waals surface area (Å²) >= 11 is 0. The highest BCUT2D eigenvalue weighted by Crippen LogP contribution is 2.18. The van der Waals surface area contributed by atoms with Crippen molar-refractivity contribution in [3.05, 3.63) is 58.4 Å². The molecule has 0 aliphatic rings. The van der Waals surface area contributed by atoms with E-state index < -0.39 is 14.9 Å². The van der Waals surface area contributed by atoms with E-state index in [0.29, 0.717) is 0 Å². The van der Waals surface area contributed by atoms with Crippen molar-refractivity contribution in [2.75, 3.05) is 0 Å². The monoisotopic (exact) mass is 266 g/mol. The number of aryl methyl sites for hydroxylation is 1. The first-order chi connectivity index (χ1) is 8.41. The second kappa shape index (κ2) is 4.26. The van der Waals surface area contributed by atoms with Gasteiger partial charge in [0.15, 0.2) is 0 Å². The Morgan fingerprint density at radius 1 is 1.17 bits per heavy atom. The van der Waals surface area contributed by atoms with Gasteiger partial charge in [0.1, 0.15) is 0 Å². The molecule has 7 heteroatoms. The lowest BCUT2D eigenvalue weighted by Crippen LogP contribution is -2.10. The maximum absolute atomic E-state index is 12.1. The van der Waals surface area contributed by atoms with Crippen LogP contribution >= 0.6 is 0 Å². The lowest BCUT2D eigenvalue weighted by Gasteiger charge is -2.04. The average molecular weight is 266 g/mol. The van der Waals surface area contributed by atoms with Crippen LogP contribution in [0.2, 0.25) is 0 Å². The lowest BCUT2D eigenvalue weighted by atomic mass is 10.2. The summed E-state index contributed by atoms with van der Waals surface area (Å²) in [5.74, 6) is 0. The molecule has 0 radical (unpaired) electrons. The Hall–Kier alpha value is -2.15. The Balaban J connectivity index is 2.47. The van der Waals surface area contributed by atoms with Crippen molar-refractivity contribution in [1.82, 2.24) is 3.97 Å². The molecule has 0 amide bonds. The topological polar surface area (TPSA) is 82.2 Å². The Bertz CT molecular complexity index is 686. The van der Waals surface area contributed by atoms with Crippen molar-refractivity contribution in [2.45, 2.75) is 11.8 Å². The van der Waals surface area contributed by atoms with Crippen molar-refractivity contribution in [3.8, 4) is 0 Å². The van der Waals surface area contributed by atoms with Crippen LogP contribution in [0.15, 0.2) is 47.6 Å². The number of hydrogen-bond acceptors (Lipinski definition) is 4. The van der Waals surface area contributed by atoms with E-state index in [1.165, 1.54) is 12.1 Å². The third-order valence-electron chi connectivity index (χ3n) is 2.46. The van der Waals surface area contributed by atoms with Crippen LogP contribution in [-0.2, 0) is 10.0 Å². The molecule has 0 bridgehead atoms. The van der Waals surface area contributed by atoms with Gasteiger partial charge in [-0.05, 0) is 19.1 Å². The van der Waals surface area contributed by atoms with E-state index in [-0.39, 0.29) is 10.6 Å². The van der Waals surface area contributed by atoms with Gasteiger partial charge in [0.05, 0.1) is 16.0 Å². The number of nitrogens with zero attached hydrogens (tertiary/aromatic N) is 2. The summed E-state index contributed by atoms with van der Waals surface area (Å²) in [7, 11) is -3.76. The number of nitro groups is 1. The van der Waals surface area contributed by atoms with Crippen molar-refractivity contribution < 1.29 is 13.3 Å². The number of hydrogen-bond donors (Lipinski definition) is 0. The zero-order valence-electron chi connectivity index (χ0n) is 9.48. The molecule has 1 aromatic heterocycles. The van der Waals surface area contributed by atoms with Gasteiger partial charge in [-0.1, -0.05) is 17.7 Å². The Morgan fingerprint density at radius 2 is 1.78 bits per heavy atom. The van der Waals surface area contributed by atoms with Gasteiger partial charge >= 0.3 is 0 Å². The molecule has 0 aliphatic carbocycles. The quantitative estimate of drug-likeness (QED) is 0.628. The van der Waals surface area contributed by atoms with E-state index in [1.807, 2.05) is 6.92 Å². The van der Waals surface area contributed by atoms with Crippen molar-refractivity contribution >= 4 is 15.7 Å². The molecule has 0 N–H and O–H groups in total. The third kappa shape index (κ3) is 2.12. The van der Waals surface area contributed by atoms with E-state index in [9.17, 15) is 18.5 Å². The summed E-state index contributed by atoms with van der Waals surface area (Å²) in [4.78, 5) is 9.98. The molecule has 6 nitrogen and oxygen atoms in total. The molecule has 0 saturated heterocycles. The van der Waals surface area contributed by atoms with Crippen LogP contribution in [0.3, 0.4) is 0 Å². The first-order valence-corrected chi connectivity index (χ1v) is 6.50. The Kier molecular flexibility index (Phi) is 2.92. The van der Waals surface area contributed by atoms with E-state index in [2.05, 4.69) is 0 Å². The zero-order valence-corrected chi connectivity index (χ0v) is 10.3. The number of benzene rings is 1. The second-order valence-electron chi connectivity index (χ2n) is 3.77. The van der Waals surface area contributed by atoms with Gasteiger partial charge in [0.2, 0.25) is 0 Å². The van der Waals surface area contributed by atoms with Gasteiger partial charge in [0.25, 0.3) is 15.7 Å². The molecule has 1 heterocycles. The van der Waals surface area contributed by atoms with Gasteiger partial charge in [0, 0.05) is 12.3 Å². The molecule has 18 heavy (non-hydrogen) atoms. The molecule has 0 fully saturated rings. The van der Waals surface area contributed by atoms with Crippen LogP contribution in [-0.4, -0.2) is 17.3 Å². The predicted octanol–water partition coefficient (Wildman–Crippen LogP) is 1.94. The van der Waals surface area contributed by atoms with Crippen molar-refractivity contribution in [1.29, 1.82) is 0 Å². The standard InChI is InChI=1S/C11H10N2O4S/c1-9-2-4-11(5-3-9)18(16,17)12-7-6-10(8-12)13(14)15/h2-8H,1H3. The minimum absolute atomic E-state index is 0.0959. The molecule has 0 aliphatic heterocycles. The highest BCUT2D eigenvalue weighted by Gasteiger charge is 2.19. The normalized spacial score (nSPS) is 11.4. The summed E-state index contributed by atoms with van der Waals surface area (Å²) in [6, 6.07) is 7.42. The van der Waals surface area contributed by atoms with Gasteiger partial charge in [-0.3, -0.25) is 10.1 Å². The molecular formula is C11H10N2O4S. The van der Waals surface area contributed by atoms with E-state index >= 15 is 0 Å². The van der Waals surface area contributed by atoms with E-state index in [4.69, 9.17) is 0 Å². The largest absolute Gasteiger partial charge is 0.288 e. The molecule has 0 spiro atoms. The first-order valence-electron chi connectivity index (χ1n) is 5.06. The molecule has 1 aromatic carbocycles. The van der Waals surface area contributed by atoms with Crippen LogP contribution in [0.25, 0.3) is 0 Å². The van der Waals surface area contributed by atoms with Crippen LogP contribution in [0.5, 0.6) is 0 Å². The smallest absolute Gasteiger partial charge is 0.258 e. The summed E-state index contributed by atoms with van der Waals surface area (Å²) < 4.78 is 25.1. The van der Waals surface area contributed by atoms with Crippen LogP contribution in [0.1, 0.15) is 5.56 Å². The SMILES string of the molecule is Cc1ccc(S(=O)(=O)n2ccc([N+](=O)[O-])c2)cc1. The summed E-state index contributed by atoms with van der Waals surface area (Å²) in [5, 5.41) is 10.5. The maximum Gasteiger partial charge on any atom is 0.288 e. The summed E-state index contributed by atoms with van der Waals surface area (Å²) in [5.41, 5.74) is 0.679. The zero-order chi connectivity index (χ0) is 13.3.